The van der Waals surface area contributed by atoms with Crippen LogP contribution in [0.3, 0.4) is 0 Å². The zero-order valence-corrected chi connectivity index (χ0v) is 12.0. The second kappa shape index (κ2) is 7.10. The second-order valence-corrected chi connectivity index (χ2v) is 5.18. The lowest BCUT2D eigenvalue weighted by atomic mass is 10.1. The Morgan fingerprint density at radius 1 is 1.20 bits per heavy atom. The van der Waals surface area contributed by atoms with Crippen molar-refractivity contribution in [3.63, 3.8) is 0 Å². The van der Waals surface area contributed by atoms with E-state index in [9.17, 15) is 9.18 Å². The fraction of sp³-hybridized carbons (Fsp3) is 0.188. The number of carbonyl (C=O) groups excluding carboxylic acids is 1. The van der Waals surface area contributed by atoms with Crippen LogP contribution in [0.25, 0.3) is 0 Å². The molecule has 0 spiro atoms. The van der Waals surface area contributed by atoms with Gasteiger partial charge in [0.1, 0.15) is 11.6 Å². The molecule has 0 N–H and O–H groups in total. The van der Waals surface area contributed by atoms with Gasteiger partial charge in [0, 0.05) is 10.5 Å². The summed E-state index contributed by atoms with van der Waals surface area (Å²) in [6.45, 7) is 2.51. The molecule has 2 aromatic carbocycles. The molecule has 0 fully saturated rings. The Hall–Kier alpha value is -1.81. The van der Waals surface area contributed by atoms with Gasteiger partial charge in [-0.2, -0.15) is 0 Å². The van der Waals surface area contributed by atoms with Crippen LogP contribution in [0.1, 0.15) is 17.3 Å². The van der Waals surface area contributed by atoms with Crippen LogP contribution in [0.4, 0.5) is 4.39 Å². The lowest BCUT2D eigenvalue weighted by Crippen LogP contribution is -2.02. The summed E-state index contributed by atoms with van der Waals surface area (Å²) in [5, 5.41) is 0. The topological polar surface area (TPSA) is 26.3 Å². The van der Waals surface area contributed by atoms with Crippen molar-refractivity contribution >= 4 is 17.5 Å². The summed E-state index contributed by atoms with van der Waals surface area (Å²) in [5.41, 5.74) is 0.636. The van der Waals surface area contributed by atoms with Gasteiger partial charge in [-0.3, -0.25) is 4.79 Å². The smallest absolute Gasteiger partial charge is 0.173 e. The summed E-state index contributed by atoms with van der Waals surface area (Å²) >= 11 is 1.33. The van der Waals surface area contributed by atoms with Crippen molar-refractivity contribution in [2.75, 3.05) is 12.4 Å². The molecular formula is C16H15FO2S. The highest BCUT2D eigenvalue weighted by atomic mass is 32.2. The molecular weight excluding hydrogens is 275 g/mol. The van der Waals surface area contributed by atoms with E-state index < -0.39 is 0 Å². The minimum atomic E-state index is -0.288. The van der Waals surface area contributed by atoms with Crippen molar-refractivity contribution in [3.05, 3.63) is 59.9 Å². The molecule has 0 amide bonds. The number of thioether (sulfide) groups is 1. The van der Waals surface area contributed by atoms with Crippen molar-refractivity contribution in [2.24, 2.45) is 0 Å². The van der Waals surface area contributed by atoms with Gasteiger partial charge >= 0.3 is 0 Å². The van der Waals surface area contributed by atoms with Crippen LogP contribution in [0.15, 0.2) is 53.4 Å². The van der Waals surface area contributed by atoms with Gasteiger partial charge in [0.05, 0.1) is 12.4 Å². The zero-order chi connectivity index (χ0) is 14.4. The number of hydrogen-bond donors (Lipinski definition) is 0. The molecule has 104 valence electrons. The Morgan fingerprint density at radius 3 is 2.60 bits per heavy atom. The van der Waals surface area contributed by atoms with E-state index in [1.807, 2.05) is 6.92 Å². The molecule has 0 aliphatic carbocycles. The molecule has 0 saturated heterocycles. The van der Waals surface area contributed by atoms with E-state index in [1.54, 1.807) is 36.4 Å². The average molecular weight is 290 g/mol. The first-order chi connectivity index (χ1) is 9.69. The summed E-state index contributed by atoms with van der Waals surface area (Å²) < 4.78 is 18.3. The highest BCUT2D eigenvalue weighted by molar-refractivity contribution is 8.00. The molecule has 0 heterocycles. The van der Waals surface area contributed by atoms with Gasteiger partial charge in [-0.1, -0.05) is 6.07 Å². The third kappa shape index (κ3) is 4.10. The van der Waals surface area contributed by atoms with Gasteiger partial charge in [0.15, 0.2) is 5.78 Å². The summed E-state index contributed by atoms with van der Waals surface area (Å²) in [6.07, 6.45) is 0. The monoisotopic (exact) mass is 290 g/mol. The highest BCUT2D eigenvalue weighted by Gasteiger charge is 2.07. The molecule has 0 unspecified atom stereocenters. The van der Waals surface area contributed by atoms with Gasteiger partial charge in [-0.05, 0) is 49.4 Å². The zero-order valence-electron chi connectivity index (χ0n) is 11.1. The van der Waals surface area contributed by atoms with Crippen LogP contribution in [0.2, 0.25) is 0 Å². The number of ketones is 1. The Balaban J connectivity index is 1.94. The maximum atomic E-state index is 13.0. The van der Waals surface area contributed by atoms with E-state index in [4.69, 9.17) is 4.74 Å². The summed E-state index contributed by atoms with van der Waals surface area (Å²) in [6, 6.07) is 13.3. The summed E-state index contributed by atoms with van der Waals surface area (Å²) in [7, 11) is 0. The number of halogens is 1. The van der Waals surface area contributed by atoms with E-state index in [0.29, 0.717) is 12.2 Å². The van der Waals surface area contributed by atoms with Crippen LogP contribution in [-0.2, 0) is 0 Å². The van der Waals surface area contributed by atoms with Gasteiger partial charge in [0.25, 0.3) is 0 Å². The Kier molecular flexibility index (Phi) is 5.18. The minimum Gasteiger partial charge on any atom is -0.494 e. The molecule has 2 aromatic rings. The van der Waals surface area contributed by atoms with Crippen LogP contribution in [-0.4, -0.2) is 18.1 Å². The third-order valence-corrected chi connectivity index (χ3v) is 3.65. The van der Waals surface area contributed by atoms with Crippen molar-refractivity contribution in [2.45, 2.75) is 11.8 Å². The predicted octanol–water partition coefficient (Wildman–Crippen LogP) is 4.20. The van der Waals surface area contributed by atoms with Crippen molar-refractivity contribution in [3.8, 4) is 5.75 Å². The molecule has 0 saturated carbocycles. The molecule has 2 nitrogen and oxygen atoms in total. The number of ether oxygens (including phenoxy) is 1. The first kappa shape index (κ1) is 14.6. The van der Waals surface area contributed by atoms with Gasteiger partial charge in [0.2, 0.25) is 0 Å². The number of hydrogen-bond acceptors (Lipinski definition) is 3. The normalized spacial score (nSPS) is 10.3. The van der Waals surface area contributed by atoms with Gasteiger partial charge in [-0.25, -0.2) is 4.39 Å². The second-order valence-electron chi connectivity index (χ2n) is 4.13. The Morgan fingerprint density at radius 2 is 1.95 bits per heavy atom. The third-order valence-electron chi connectivity index (χ3n) is 2.65. The molecule has 0 aliphatic rings. The fourth-order valence-electron chi connectivity index (χ4n) is 1.69. The molecule has 2 rings (SSSR count). The number of Topliss-reactive ketones (excluding diaryl/α,β-unsaturated/α-hetero) is 1. The van der Waals surface area contributed by atoms with Crippen LogP contribution in [0, 0.1) is 5.82 Å². The lowest BCUT2D eigenvalue weighted by molar-refractivity contribution is 0.102. The Bertz CT molecular complexity index is 581. The maximum Gasteiger partial charge on any atom is 0.173 e. The van der Waals surface area contributed by atoms with Crippen molar-refractivity contribution in [1.82, 2.24) is 0 Å². The Labute approximate surface area is 122 Å². The largest absolute Gasteiger partial charge is 0.494 e. The molecule has 0 atom stereocenters. The van der Waals surface area contributed by atoms with Crippen molar-refractivity contribution < 1.29 is 13.9 Å². The van der Waals surface area contributed by atoms with E-state index >= 15 is 0 Å². The molecule has 4 heteroatoms. The minimum absolute atomic E-state index is 0.0160. The first-order valence-electron chi connectivity index (χ1n) is 6.33. The fourth-order valence-corrected chi connectivity index (χ4v) is 2.53. The maximum absolute atomic E-state index is 13.0. The van der Waals surface area contributed by atoms with E-state index in [-0.39, 0.29) is 17.4 Å². The van der Waals surface area contributed by atoms with E-state index in [0.717, 1.165) is 10.6 Å². The molecule has 0 radical (unpaired) electrons. The SMILES string of the molecule is CCOc1ccc(C(=O)CSc2cccc(F)c2)cc1. The van der Waals surface area contributed by atoms with Crippen LogP contribution in [0.5, 0.6) is 5.75 Å². The highest BCUT2D eigenvalue weighted by Crippen LogP contribution is 2.20. The van der Waals surface area contributed by atoms with Gasteiger partial charge in [-0.15, -0.1) is 11.8 Å². The predicted molar refractivity (Wildman–Crippen MR) is 79.1 cm³/mol. The van der Waals surface area contributed by atoms with E-state index in [1.165, 1.54) is 23.9 Å². The summed E-state index contributed by atoms with van der Waals surface area (Å²) in [4.78, 5) is 12.8. The standard InChI is InChI=1S/C16H15FO2S/c1-2-19-14-8-6-12(7-9-14)16(18)11-20-15-5-3-4-13(17)10-15/h3-10H,2,11H2,1H3. The quantitative estimate of drug-likeness (QED) is 0.589. The first-order valence-corrected chi connectivity index (χ1v) is 7.32. The summed E-state index contributed by atoms with van der Waals surface area (Å²) in [5.74, 6) is 0.768. The van der Waals surface area contributed by atoms with Crippen LogP contribution < -0.4 is 4.74 Å². The van der Waals surface area contributed by atoms with E-state index in [2.05, 4.69) is 0 Å². The van der Waals surface area contributed by atoms with Crippen molar-refractivity contribution in [1.29, 1.82) is 0 Å². The number of rotatable bonds is 6. The number of carbonyl (C=O) groups is 1. The average Bonchev–Trinajstić information content (AvgIpc) is 2.46. The molecule has 20 heavy (non-hydrogen) atoms. The molecule has 0 bridgehead atoms. The van der Waals surface area contributed by atoms with Gasteiger partial charge < -0.3 is 4.74 Å². The molecule has 0 aromatic heterocycles. The number of benzene rings is 2. The lowest BCUT2D eigenvalue weighted by Gasteiger charge is -2.05. The molecule has 0 aliphatic heterocycles. The van der Waals surface area contributed by atoms with Crippen LogP contribution >= 0.6 is 11.8 Å².